The molecule has 0 spiro atoms. The minimum atomic E-state index is 0.129. The maximum Gasteiger partial charge on any atom is 0.220 e. The monoisotopic (exact) mass is 250 g/mol. The molecule has 3 N–H and O–H groups in total. The van der Waals surface area contributed by atoms with Crippen molar-refractivity contribution in [2.45, 2.75) is 25.4 Å². The van der Waals surface area contributed by atoms with Crippen molar-refractivity contribution in [2.24, 2.45) is 0 Å². The molecule has 1 aliphatic rings. The molecular formula is C13H18N2O3. The molecule has 18 heavy (non-hydrogen) atoms. The molecule has 0 bridgehead atoms. The fourth-order valence-corrected chi connectivity index (χ4v) is 2.07. The Morgan fingerprint density at radius 3 is 3.00 bits per heavy atom. The van der Waals surface area contributed by atoms with Crippen molar-refractivity contribution in [3.63, 3.8) is 0 Å². The van der Waals surface area contributed by atoms with Gasteiger partial charge in [-0.15, -0.1) is 0 Å². The average molecular weight is 250 g/mol. The Hall–Kier alpha value is -1.75. The number of carbonyl (C=O) groups is 1. The predicted octanol–water partition coefficient (Wildman–Crippen LogP) is 0.769. The number of aromatic hydroxyl groups is 1. The van der Waals surface area contributed by atoms with Crippen molar-refractivity contribution < 1.29 is 14.6 Å². The first-order chi connectivity index (χ1) is 8.69. The smallest absolute Gasteiger partial charge is 0.220 e. The molecule has 5 heteroatoms. The number of ether oxygens (including phenoxy) is 1. The van der Waals surface area contributed by atoms with Gasteiger partial charge in [-0.1, -0.05) is 6.07 Å². The number of carbonyl (C=O) groups excluding carboxylic acids is 1. The number of phenolic OH excluding ortho intramolecular Hbond substituents is 1. The Balaban J connectivity index is 1.79. The van der Waals surface area contributed by atoms with Gasteiger partial charge in [0.2, 0.25) is 5.91 Å². The number of methoxy groups -OCH3 is 1. The van der Waals surface area contributed by atoms with Crippen molar-refractivity contribution in [1.82, 2.24) is 10.6 Å². The summed E-state index contributed by atoms with van der Waals surface area (Å²) in [6.07, 6.45) is 1.51. The summed E-state index contributed by atoms with van der Waals surface area (Å²) < 4.78 is 4.98. The highest BCUT2D eigenvalue weighted by atomic mass is 16.5. The lowest BCUT2D eigenvalue weighted by Crippen LogP contribution is -2.35. The van der Waals surface area contributed by atoms with Crippen LogP contribution in [0.25, 0.3) is 0 Å². The summed E-state index contributed by atoms with van der Waals surface area (Å²) in [5.41, 5.74) is 0.984. The molecule has 2 rings (SSSR count). The van der Waals surface area contributed by atoms with Crippen LogP contribution in [0.1, 0.15) is 18.4 Å². The van der Waals surface area contributed by atoms with E-state index in [0.717, 1.165) is 18.5 Å². The fraction of sp³-hybridized carbons (Fsp3) is 0.462. The van der Waals surface area contributed by atoms with Crippen LogP contribution in [0.4, 0.5) is 0 Å². The summed E-state index contributed by atoms with van der Waals surface area (Å²) in [7, 11) is 1.52. The third-order valence-corrected chi connectivity index (χ3v) is 3.05. The minimum absolute atomic E-state index is 0.129. The molecule has 1 aliphatic heterocycles. The number of hydrogen-bond acceptors (Lipinski definition) is 4. The van der Waals surface area contributed by atoms with Crippen LogP contribution in [0.3, 0.4) is 0 Å². The summed E-state index contributed by atoms with van der Waals surface area (Å²) in [6, 6.07) is 5.55. The quantitative estimate of drug-likeness (QED) is 0.722. The Morgan fingerprint density at radius 2 is 2.39 bits per heavy atom. The van der Waals surface area contributed by atoms with Crippen LogP contribution in [0, 0.1) is 0 Å². The minimum Gasteiger partial charge on any atom is -0.504 e. The van der Waals surface area contributed by atoms with Gasteiger partial charge < -0.3 is 20.5 Å². The van der Waals surface area contributed by atoms with Crippen LogP contribution in [0.15, 0.2) is 18.2 Å². The van der Waals surface area contributed by atoms with Crippen molar-refractivity contribution in [3.8, 4) is 11.5 Å². The second-order valence-electron chi connectivity index (χ2n) is 4.44. The maximum absolute atomic E-state index is 11.0. The van der Waals surface area contributed by atoms with Crippen molar-refractivity contribution in [2.75, 3.05) is 13.7 Å². The zero-order valence-corrected chi connectivity index (χ0v) is 10.4. The van der Waals surface area contributed by atoms with Crippen molar-refractivity contribution in [1.29, 1.82) is 0 Å². The van der Waals surface area contributed by atoms with Crippen molar-refractivity contribution in [3.05, 3.63) is 23.8 Å². The molecule has 98 valence electrons. The molecule has 1 aromatic rings. The number of hydrogen-bond donors (Lipinski definition) is 3. The SMILES string of the molecule is COc1ccc(CNCC2CCC(=O)N2)cc1O. The zero-order valence-electron chi connectivity index (χ0n) is 10.4. The first kappa shape index (κ1) is 12.7. The van der Waals surface area contributed by atoms with Crippen LogP contribution in [0.5, 0.6) is 11.5 Å². The van der Waals surface area contributed by atoms with Gasteiger partial charge in [-0.3, -0.25) is 4.79 Å². The van der Waals surface area contributed by atoms with E-state index in [1.807, 2.05) is 6.07 Å². The van der Waals surface area contributed by atoms with Gasteiger partial charge in [0.15, 0.2) is 11.5 Å². The highest BCUT2D eigenvalue weighted by Crippen LogP contribution is 2.26. The molecule has 1 aromatic carbocycles. The largest absolute Gasteiger partial charge is 0.504 e. The van der Waals surface area contributed by atoms with E-state index in [2.05, 4.69) is 10.6 Å². The Kier molecular flexibility index (Phi) is 4.04. The highest BCUT2D eigenvalue weighted by Gasteiger charge is 2.19. The number of benzene rings is 1. The van der Waals surface area contributed by atoms with Crippen molar-refractivity contribution >= 4 is 5.91 Å². The van der Waals surface area contributed by atoms with Crippen LogP contribution >= 0.6 is 0 Å². The van der Waals surface area contributed by atoms with Gasteiger partial charge in [-0.25, -0.2) is 0 Å². The second-order valence-corrected chi connectivity index (χ2v) is 4.44. The van der Waals surface area contributed by atoms with Crippen LogP contribution in [0.2, 0.25) is 0 Å². The maximum atomic E-state index is 11.0. The summed E-state index contributed by atoms with van der Waals surface area (Å²) >= 11 is 0. The first-order valence-electron chi connectivity index (χ1n) is 6.05. The van der Waals surface area contributed by atoms with E-state index in [-0.39, 0.29) is 17.7 Å². The summed E-state index contributed by atoms with van der Waals surface area (Å²) in [4.78, 5) is 11.0. The number of amides is 1. The third-order valence-electron chi connectivity index (χ3n) is 3.05. The van der Waals surface area contributed by atoms with Gasteiger partial charge in [0.1, 0.15) is 0 Å². The Bertz CT molecular complexity index is 434. The second kappa shape index (κ2) is 5.73. The fourth-order valence-electron chi connectivity index (χ4n) is 2.07. The lowest BCUT2D eigenvalue weighted by Gasteiger charge is -2.12. The van der Waals surface area contributed by atoms with Crippen LogP contribution in [-0.2, 0) is 11.3 Å². The van der Waals surface area contributed by atoms with E-state index < -0.39 is 0 Å². The van der Waals surface area contributed by atoms with Crippen LogP contribution < -0.4 is 15.4 Å². The van der Waals surface area contributed by atoms with Gasteiger partial charge in [-0.2, -0.15) is 0 Å². The lowest BCUT2D eigenvalue weighted by atomic mass is 10.2. The standard InChI is InChI=1S/C13H18N2O3/c1-18-12-4-2-9(6-11(12)16)7-14-8-10-3-5-13(17)15-10/h2,4,6,10,14,16H,3,5,7-8H2,1H3,(H,15,17). The number of rotatable bonds is 5. The van der Waals surface area contributed by atoms with Gasteiger partial charge in [0.25, 0.3) is 0 Å². The van der Waals surface area contributed by atoms with E-state index in [0.29, 0.717) is 18.7 Å². The zero-order chi connectivity index (χ0) is 13.0. The molecule has 0 aromatic heterocycles. The van der Waals surface area contributed by atoms with Gasteiger partial charge in [-0.05, 0) is 24.1 Å². The number of phenols is 1. The topological polar surface area (TPSA) is 70.6 Å². The van der Waals surface area contributed by atoms with Gasteiger partial charge in [0, 0.05) is 25.6 Å². The van der Waals surface area contributed by atoms with E-state index >= 15 is 0 Å². The molecule has 1 unspecified atom stereocenters. The molecule has 1 saturated heterocycles. The summed E-state index contributed by atoms with van der Waals surface area (Å²) in [6.45, 7) is 1.41. The normalized spacial score (nSPS) is 18.7. The molecule has 0 saturated carbocycles. The van der Waals surface area contributed by atoms with Gasteiger partial charge in [0.05, 0.1) is 7.11 Å². The third kappa shape index (κ3) is 3.13. The first-order valence-corrected chi connectivity index (χ1v) is 6.05. The molecule has 1 heterocycles. The average Bonchev–Trinajstić information content (AvgIpc) is 2.75. The van der Waals surface area contributed by atoms with E-state index in [9.17, 15) is 9.90 Å². The highest BCUT2D eigenvalue weighted by molar-refractivity contribution is 5.78. The van der Waals surface area contributed by atoms with Crippen LogP contribution in [-0.4, -0.2) is 30.7 Å². The predicted molar refractivity (Wildman–Crippen MR) is 67.5 cm³/mol. The lowest BCUT2D eigenvalue weighted by molar-refractivity contribution is -0.119. The molecule has 5 nitrogen and oxygen atoms in total. The summed E-state index contributed by atoms with van der Waals surface area (Å²) in [5, 5.41) is 15.8. The Labute approximate surface area is 106 Å². The molecule has 0 aliphatic carbocycles. The van der Waals surface area contributed by atoms with E-state index in [4.69, 9.17) is 4.74 Å². The molecule has 0 radical (unpaired) electrons. The van der Waals surface area contributed by atoms with E-state index in [1.54, 1.807) is 12.1 Å². The number of nitrogens with one attached hydrogen (secondary N) is 2. The Morgan fingerprint density at radius 1 is 1.56 bits per heavy atom. The molecule has 1 amide bonds. The van der Waals surface area contributed by atoms with Gasteiger partial charge >= 0.3 is 0 Å². The molecular weight excluding hydrogens is 232 g/mol. The summed E-state index contributed by atoms with van der Waals surface area (Å²) in [5.74, 6) is 0.747. The van der Waals surface area contributed by atoms with E-state index in [1.165, 1.54) is 7.11 Å². The molecule has 1 fully saturated rings. The molecule has 1 atom stereocenters.